The second-order valence-electron chi connectivity index (χ2n) is 11.5. The van der Waals surface area contributed by atoms with E-state index in [1.54, 1.807) is 6.07 Å². The summed E-state index contributed by atoms with van der Waals surface area (Å²) >= 11 is 0. The maximum atomic E-state index is 13.2. The van der Waals surface area contributed by atoms with Gasteiger partial charge in [-0.05, 0) is 97.8 Å². The zero-order chi connectivity index (χ0) is 33.2. The van der Waals surface area contributed by atoms with Crippen LogP contribution in [0.3, 0.4) is 0 Å². The maximum Gasteiger partial charge on any atom is 0.532 e. The van der Waals surface area contributed by atoms with E-state index in [9.17, 15) is 4.79 Å². The minimum Gasteiger partial charge on any atom is -0.409 e. The first-order chi connectivity index (χ1) is 23.3. The van der Waals surface area contributed by atoms with Gasteiger partial charge in [0, 0.05) is 16.5 Å². The van der Waals surface area contributed by atoms with Crippen LogP contribution in [0.2, 0.25) is 0 Å². The van der Waals surface area contributed by atoms with Crippen molar-refractivity contribution in [2.75, 3.05) is 0 Å². The van der Waals surface area contributed by atoms with Gasteiger partial charge in [-0.15, -0.1) is 0 Å². The topological polar surface area (TPSA) is 72.5 Å². The van der Waals surface area contributed by atoms with E-state index in [-0.39, 0.29) is 0 Å². The molecule has 0 spiro atoms. The molecule has 1 heterocycles. The number of fused-ring (bicyclic) bond motifs is 3. The molecule has 0 aliphatic carbocycles. The lowest BCUT2D eigenvalue weighted by Crippen LogP contribution is -2.15. The van der Waals surface area contributed by atoms with E-state index in [1.165, 1.54) is 0 Å². The molecule has 0 radical (unpaired) electrons. The lowest BCUT2D eigenvalue weighted by atomic mass is 9.95. The standard InChI is InChI=1S/C39H32O7P2/c1-25-21-27(3)36(43-47(41-30-14-7-5-8-15-30)42-31-16-9-6-10-17-31)34(23-25)35-24-26(2)22-28(4)37(35)44-48-45-38-32-18-12-11-13-29(32)19-20-33(38)39(40)46-48/h5-24H,1-4H3. The predicted octanol–water partition coefficient (Wildman–Crippen LogP) is 11.4. The highest BCUT2D eigenvalue weighted by Crippen LogP contribution is 2.54. The SMILES string of the molecule is Cc1cc(C)c(OP(Oc2ccccc2)Oc2ccccc2)c(-c2cc(C)cc(C)c2OP2OC(=O)c3ccc4ccccc4c3O2)c1. The van der Waals surface area contributed by atoms with Crippen LogP contribution in [0.4, 0.5) is 0 Å². The highest BCUT2D eigenvalue weighted by atomic mass is 31.2. The molecule has 6 aromatic carbocycles. The largest absolute Gasteiger partial charge is 0.532 e. The van der Waals surface area contributed by atoms with Crippen LogP contribution in [-0.4, -0.2) is 5.97 Å². The molecule has 7 rings (SSSR count). The third-order valence-electron chi connectivity index (χ3n) is 7.73. The number of para-hydroxylation sites is 2. The number of carbonyl (C=O) groups excluding carboxylic acids is 1. The fraction of sp³-hybridized carbons (Fsp3) is 0.103. The Morgan fingerprint density at radius 3 is 1.77 bits per heavy atom. The summed E-state index contributed by atoms with van der Waals surface area (Å²) in [5.74, 6) is 2.31. The Hall–Kier alpha value is -5.09. The molecule has 9 heteroatoms. The summed E-state index contributed by atoms with van der Waals surface area (Å²) in [4.78, 5) is 13.2. The molecular weight excluding hydrogens is 642 g/mol. The molecule has 1 aliphatic heterocycles. The molecule has 48 heavy (non-hydrogen) atoms. The van der Waals surface area contributed by atoms with E-state index >= 15 is 0 Å². The van der Waals surface area contributed by atoms with Gasteiger partial charge < -0.3 is 27.1 Å². The first-order valence-corrected chi connectivity index (χ1v) is 17.6. The first kappa shape index (κ1) is 31.5. The lowest BCUT2D eigenvalue weighted by Gasteiger charge is -2.26. The molecule has 7 nitrogen and oxygen atoms in total. The van der Waals surface area contributed by atoms with E-state index in [0.29, 0.717) is 34.3 Å². The lowest BCUT2D eigenvalue weighted by molar-refractivity contribution is 0.0698. The van der Waals surface area contributed by atoms with Gasteiger partial charge in [0.1, 0.15) is 28.6 Å². The third-order valence-corrected chi connectivity index (χ3v) is 9.76. The zero-order valence-corrected chi connectivity index (χ0v) is 28.6. The molecule has 240 valence electrons. The normalized spacial score (nSPS) is 13.8. The van der Waals surface area contributed by atoms with Gasteiger partial charge in [-0.3, -0.25) is 0 Å². The van der Waals surface area contributed by atoms with E-state index in [4.69, 9.17) is 27.1 Å². The quantitative estimate of drug-likeness (QED) is 0.141. The van der Waals surface area contributed by atoms with Crippen LogP contribution in [0.1, 0.15) is 32.6 Å². The van der Waals surface area contributed by atoms with Crippen LogP contribution in [0.25, 0.3) is 21.9 Å². The molecule has 0 fully saturated rings. The molecule has 0 bridgehead atoms. The highest BCUT2D eigenvalue weighted by Gasteiger charge is 2.35. The van der Waals surface area contributed by atoms with Gasteiger partial charge in [0.2, 0.25) is 0 Å². The first-order valence-electron chi connectivity index (χ1n) is 15.4. The molecule has 0 amide bonds. The van der Waals surface area contributed by atoms with Crippen molar-refractivity contribution in [2.45, 2.75) is 27.7 Å². The average Bonchev–Trinajstić information content (AvgIpc) is 3.08. The monoisotopic (exact) mass is 674 g/mol. The van der Waals surface area contributed by atoms with Crippen LogP contribution in [0.15, 0.2) is 121 Å². The molecule has 0 saturated heterocycles. The van der Waals surface area contributed by atoms with Crippen LogP contribution in [0.5, 0.6) is 28.7 Å². The summed E-state index contributed by atoms with van der Waals surface area (Å²) in [6.45, 7) is 8.01. The molecule has 0 N–H and O–H groups in total. The number of rotatable bonds is 9. The van der Waals surface area contributed by atoms with Gasteiger partial charge in [-0.25, -0.2) is 4.79 Å². The van der Waals surface area contributed by atoms with E-state index < -0.39 is 23.2 Å². The van der Waals surface area contributed by atoms with Crippen molar-refractivity contribution in [2.24, 2.45) is 0 Å². The number of aryl methyl sites for hydroxylation is 4. The van der Waals surface area contributed by atoms with Crippen molar-refractivity contribution in [1.82, 2.24) is 0 Å². The Balaban J connectivity index is 1.28. The average molecular weight is 675 g/mol. The fourth-order valence-electron chi connectivity index (χ4n) is 5.64. The molecule has 0 saturated carbocycles. The van der Waals surface area contributed by atoms with Crippen LogP contribution < -0.4 is 22.6 Å². The Labute approximate surface area is 282 Å². The van der Waals surface area contributed by atoms with Crippen molar-refractivity contribution in [3.8, 4) is 39.9 Å². The second kappa shape index (κ2) is 13.6. The summed E-state index contributed by atoms with van der Waals surface area (Å²) in [6.07, 6.45) is 0. The highest BCUT2D eigenvalue weighted by molar-refractivity contribution is 7.43. The minimum atomic E-state index is -2.12. The number of carbonyl (C=O) groups is 1. The summed E-state index contributed by atoms with van der Waals surface area (Å²) in [7, 11) is -4.07. The number of benzene rings is 6. The van der Waals surface area contributed by atoms with E-state index in [0.717, 1.165) is 44.2 Å². The molecule has 6 aromatic rings. The van der Waals surface area contributed by atoms with Crippen molar-refractivity contribution >= 4 is 33.9 Å². The zero-order valence-electron chi connectivity index (χ0n) is 26.8. The van der Waals surface area contributed by atoms with E-state index in [1.807, 2.05) is 137 Å². The van der Waals surface area contributed by atoms with Gasteiger partial charge >= 0.3 is 23.2 Å². The van der Waals surface area contributed by atoms with E-state index in [2.05, 4.69) is 6.07 Å². The molecule has 0 aromatic heterocycles. The Kier molecular flexibility index (Phi) is 8.90. The summed E-state index contributed by atoms with van der Waals surface area (Å²) in [5.41, 5.74) is 5.70. The molecule has 1 aliphatic rings. The molecule has 1 atom stereocenters. The van der Waals surface area contributed by atoms with Crippen LogP contribution in [0, 0.1) is 27.7 Å². The number of hydrogen-bond donors (Lipinski definition) is 0. The smallest absolute Gasteiger partial charge is 0.409 e. The second-order valence-corrected chi connectivity index (χ2v) is 13.5. The van der Waals surface area contributed by atoms with Gasteiger partial charge in [0.25, 0.3) is 0 Å². The third kappa shape index (κ3) is 6.66. The van der Waals surface area contributed by atoms with Crippen molar-refractivity contribution in [1.29, 1.82) is 0 Å². The van der Waals surface area contributed by atoms with Gasteiger partial charge in [0.05, 0.1) is 0 Å². The van der Waals surface area contributed by atoms with Gasteiger partial charge in [-0.2, -0.15) is 0 Å². The minimum absolute atomic E-state index is 0.368. The van der Waals surface area contributed by atoms with Crippen molar-refractivity contribution < 1.29 is 31.9 Å². The van der Waals surface area contributed by atoms with Gasteiger partial charge in [0.15, 0.2) is 5.75 Å². The predicted molar refractivity (Wildman–Crippen MR) is 190 cm³/mol. The van der Waals surface area contributed by atoms with Crippen LogP contribution >= 0.6 is 17.2 Å². The summed E-state index contributed by atoms with van der Waals surface area (Å²) in [6, 6.07) is 38.4. The summed E-state index contributed by atoms with van der Waals surface area (Å²) in [5, 5.41) is 1.77. The van der Waals surface area contributed by atoms with Gasteiger partial charge in [-0.1, -0.05) is 78.9 Å². The summed E-state index contributed by atoms with van der Waals surface area (Å²) < 4.78 is 37.8. The molecular formula is C39H32O7P2. The maximum absolute atomic E-state index is 13.2. The Bertz CT molecular complexity index is 2080. The Morgan fingerprint density at radius 2 is 1.12 bits per heavy atom. The Morgan fingerprint density at radius 1 is 0.562 bits per heavy atom. The van der Waals surface area contributed by atoms with Crippen molar-refractivity contribution in [3.05, 3.63) is 149 Å². The number of hydrogen-bond acceptors (Lipinski definition) is 7. The fourth-order valence-corrected chi connectivity index (χ4v) is 7.81. The molecule has 1 unspecified atom stereocenters. The van der Waals surface area contributed by atoms with Crippen molar-refractivity contribution in [3.63, 3.8) is 0 Å². The van der Waals surface area contributed by atoms with Crippen LogP contribution in [-0.2, 0) is 4.52 Å².